The van der Waals surface area contributed by atoms with E-state index in [0.29, 0.717) is 0 Å². The Kier molecular flexibility index (Phi) is 4.64. The van der Waals surface area contributed by atoms with Crippen molar-refractivity contribution >= 4 is 31.5 Å². The highest BCUT2D eigenvalue weighted by Gasteiger charge is 2.17. The molecule has 13 heavy (non-hydrogen) atoms. The van der Waals surface area contributed by atoms with Gasteiger partial charge in [0.05, 0.1) is 5.75 Å². The number of hydrogen-bond acceptors (Lipinski definition) is 4. The van der Waals surface area contributed by atoms with Gasteiger partial charge in [-0.1, -0.05) is 0 Å². The van der Waals surface area contributed by atoms with Crippen molar-refractivity contribution in [3.05, 3.63) is 0 Å². The van der Waals surface area contributed by atoms with Gasteiger partial charge < -0.3 is 0 Å². The van der Waals surface area contributed by atoms with E-state index in [1.165, 1.54) is 7.05 Å². The summed E-state index contributed by atoms with van der Waals surface area (Å²) in [6.07, 6.45) is 1.05. The van der Waals surface area contributed by atoms with Crippen LogP contribution in [0.4, 0.5) is 0 Å². The topological polar surface area (TPSA) is 71.5 Å². The number of alkyl halides is 1. The molecule has 80 valence electrons. The van der Waals surface area contributed by atoms with Gasteiger partial charge in [-0.25, -0.2) is 21.1 Å². The second kappa shape index (κ2) is 4.59. The molecule has 0 aliphatic rings. The molecule has 0 fully saturated rings. The second-order valence-electron chi connectivity index (χ2n) is 2.67. The van der Waals surface area contributed by atoms with Crippen molar-refractivity contribution < 1.29 is 16.8 Å². The van der Waals surface area contributed by atoms with Crippen molar-refractivity contribution in [3.63, 3.8) is 0 Å². The summed E-state index contributed by atoms with van der Waals surface area (Å²) in [7, 11) is -5.33. The Labute approximate surface area is 83.6 Å². The zero-order chi connectivity index (χ0) is 10.7. The molecule has 0 atom stereocenters. The number of sulfone groups is 1. The van der Waals surface area contributed by atoms with Crippen LogP contribution in [0.5, 0.6) is 0 Å². The third-order valence-electron chi connectivity index (χ3n) is 1.39. The molecule has 0 spiro atoms. The number of hydrogen-bond donors (Lipinski definition) is 0. The van der Waals surface area contributed by atoms with Crippen LogP contribution in [-0.4, -0.2) is 52.0 Å². The molecule has 0 aliphatic heterocycles. The van der Waals surface area contributed by atoms with Crippen molar-refractivity contribution in [2.45, 2.75) is 0 Å². The summed E-state index contributed by atoms with van der Waals surface area (Å²) in [6, 6.07) is 0. The first kappa shape index (κ1) is 13.2. The Morgan fingerprint density at radius 2 is 1.69 bits per heavy atom. The van der Waals surface area contributed by atoms with Crippen LogP contribution in [0.2, 0.25) is 0 Å². The molecule has 0 aliphatic carbocycles. The Morgan fingerprint density at radius 3 is 2.00 bits per heavy atom. The molecule has 8 heteroatoms. The van der Waals surface area contributed by atoms with E-state index in [1.54, 1.807) is 0 Å². The van der Waals surface area contributed by atoms with Gasteiger partial charge >= 0.3 is 0 Å². The molecule has 0 bridgehead atoms. The summed E-state index contributed by atoms with van der Waals surface area (Å²) >= 11 is 5.16. The molecule has 0 aromatic heterocycles. The van der Waals surface area contributed by atoms with Crippen LogP contribution in [0.25, 0.3) is 0 Å². The predicted octanol–water partition coefficient (Wildman–Crippen LogP) is -0.511. The highest BCUT2D eigenvalue weighted by atomic mass is 35.5. The van der Waals surface area contributed by atoms with E-state index < -0.39 is 25.1 Å². The minimum atomic E-state index is -3.49. The molecule has 0 aromatic rings. The van der Waals surface area contributed by atoms with Gasteiger partial charge in [-0.15, -0.1) is 11.6 Å². The molecule has 0 saturated carbocycles. The number of rotatable bonds is 5. The minimum Gasteiger partial charge on any atom is -0.229 e. The minimum absolute atomic E-state index is 0.0616. The van der Waals surface area contributed by atoms with Gasteiger partial charge in [-0.2, -0.15) is 0 Å². The smallest absolute Gasteiger partial charge is 0.227 e. The Morgan fingerprint density at radius 1 is 1.23 bits per heavy atom. The molecular weight excluding hydrogens is 238 g/mol. The maximum Gasteiger partial charge on any atom is 0.227 e. The summed E-state index contributed by atoms with van der Waals surface area (Å²) in [6.45, 7) is -0.0616. The monoisotopic (exact) mass is 249 g/mol. The summed E-state index contributed by atoms with van der Waals surface area (Å²) in [5, 5.41) is -0.534. The van der Waals surface area contributed by atoms with E-state index in [2.05, 4.69) is 0 Å². The standard InChI is InChI=1S/C5H12ClNO4S2/c1-7(13(10,11)5-6)3-4-12(2,8)9/h3-5H2,1-2H3. The summed E-state index contributed by atoms with van der Waals surface area (Å²) in [5.74, 6) is -0.195. The highest BCUT2D eigenvalue weighted by Crippen LogP contribution is 2.00. The van der Waals surface area contributed by atoms with Gasteiger partial charge in [-0.05, 0) is 0 Å². The lowest BCUT2D eigenvalue weighted by atomic mass is 10.8. The van der Waals surface area contributed by atoms with E-state index in [0.717, 1.165) is 10.6 Å². The first-order chi connectivity index (χ1) is 5.69. The van der Waals surface area contributed by atoms with Crippen LogP contribution in [0.1, 0.15) is 0 Å². The number of nitrogens with zero attached hydrogens (tertiary/aromatic N) is 1. The van der Waals surface area contributed by atoms with Crippen molar-refractivity contribution in [1.29, 1.82) is 0 Å². The maximum absolute atomic E-state index is 11.0. The number of halogens is 1. The van der Waals surface area contributed by atoms with Crippen molar-refractivity contribution in [2.24, 2.45) is 0 Å². The Hall–Kier alpha value is 0.150. The Bertz CT molecular complexity index is 347. The van der Waals surface area contributed by atoms with Gasteiger partial charge in [0.2, 0.25) is 10.0 Å². The van der Waals surface area contributed by atoms with E-state index >= 15 is 0 Å². The predicted molar refractivity (Wildman–Crippen MR) is 52.0 cm³/mol. The average molecular weight is 250 g/mol. The van der Waals surface area contributed by atoms with E-state index in [1.807, 2.05) is 0 Å². The average Bonchev–Trinajstić information content (AvgIpc) is 1.98. The van der Waals surface area contributed by atoms with Crippen molar-refractivity contribution in [3.8, 4) is 0 Å². The largest absolute Gasteiger partial charge is 0.229 e. The van der Waals surface area contributed by atoms with Crippen molar-refractivity contribution in [2.75, 3.05) is 30.8 Å². The maximum atomic E-state index is 11.0. The van der Waals surface area contributed by atoms with Gasteiger partial charge in [0, 0.05) is 19.8 Å². The molecule has 0 amide bonds. The SMILES string of the molecule is CN(CCS(C)(=O)=O)S(=O)(=O)CCl. The lowest BCUT2D eigenvalue weighted by Gasteiger charge is -2.13. The third-order valence-corrected chi connectivity index (χ3v) is 4.55. The summed E-state index contributed by atoms with van der Waals surface area (Å²) in [5.41, 5.74) is 0. The number of sulfonamides is 1. The van der Waals surface area contributed by atoms with Crippen LogP contribution in [0.3, 0.4) is 0 Å². The van der Waals surface area contributed by atoms with Crippen LogP contribution in [-0.2, 0) is 19.9 Å². The molecule has 5 nitrogen and oxygen atoms in total. The molecule has 0 saturated heterocycles. The normalized spacial score (nSPS) is 13.5. The Balaban J connectivity index is 4.27. The van der Waals surface area contributed by atoms with Crippen molar-refractivity contribution in [1.82, 2.24) is 4.31 Å². The van der Waals surface area contributed by atoms with E-state index in [9.17, 15) is 16.8 Å². The van der Waals surface area contributed by atoms with Gasteiger partial charge in [0.25, 0.3) is 0 Å². The molecule has 0 rings (SSSR count). The van der Waals surface area contributed by atoms with Crippen LogP contribution >= 0.6 is 11.6 Å². The fourth-order valence-corrected chi connectivity index (χ4v) is 2.27. The quantitative estimate of drug-likeness (QED) is 0.616. The van der Waals surface area contributed by atoms with Crippen LogP contribution < -0.4 is 0 Å². The third kappa shape index (κ3) is 5.45. The highest BCUT2D eigenvalue weighted by molar-refractivity contribution is 7.91. The lowest BCUT2D eigenvalue weighted by Crippen LogP contribution is -2.32. The zero-order valence-electron chi connectivity index (χ0n) is 7.40. The summed E-state index contributed by atoms with van der Waals surface area (Å²) in [4.78, 5) is 0. The van der Waals surface area contributed by atoms with E-state index in [4.69, 9.17) is 11.6 Å². The molecule has 0 aromatic carbocycles. The lowest BCUT2D eigenvalue weighted by molar-refractivity contribution is 0.489. The fraction of sp³-hybridized carbons (Fsp3) is 1.00. The molecular formula is C5H12ClNO4S2. The van der Waals surface area contributed by atoms with Gasteiger partial charge in [0.15, 0.2) is 0 Å². The fourth-order valence-electron chi connectivity index (χ4n) is 0.517. The molecule has 0 N–H and O–H groups in total. The van der Waals surface area contributed by atoms with Crippen LogP contribution in [0.15, 0.2) is 0 Å². The summed E-state index contributed by atoms with van der Waals surface area (Å²) < 4.78 is 44.4. The molecule has 0 heterocycles. The van der Waals surface area contributed by atoms with Crippen LogP contribution in [0, 0.1) is 0 Å². The zero-order valence-corrected chi connectivity index (χ0v) is 9.78. The first-order valence-corrected chi connectivity index (χ1v) is 7.57. The van der Waals surface area contributed by atoms with Gasteiger partial charge in [-0.3, -0.25) is 0 Å². The molecule has 0 unspecified atom stereocenters. The second-order valence-corrected chi connectivity index (χ2v) is 7.59. The first-order valence-electron chi connectivity index (χ1n) is 3.37. The van der Waals surface area contributed by atoms with Gasteiger partial charge in [0.1, 0.15) is 15.0 Å². The van der Waals surface area contributed by atoms with E-state index in [-0.39, 0.29) is 12.3 Å². The molecule has 0 radical (unpaired) electrons.